The van der Waals surface area contributed by atoms with Crippen LogP contribution in [0.3, 0.4) is 0 Å². The van der Waals surface area contributed by atoms with Crippen LogP contribution in [-0.4, -0.2) is 11.5 Å². The normalized spacial score (nSPS) is 20.0. The molecule has 0 radical (unpaired) electrons. The van der Waals surface area contributed by atoms with Crippen molar-refractivity contribution in [3.63, 3.8) is 0 Å². The quantitative estimate of drug-likeness (QED) is 0.669. The Morgan fingerprint density at radius 1 is 1.00 bits per heavy atom. The van der Waals surface area contributed by atoms with Gasteiger partial charge in [-0.15, -0.1) is 0 Å². The summed E-state index contributed by atoms with van der Waals surface area (Å²) in [5.41, 5.74) is 5.69. The van der Waals surface area contributed by atoms with Gasteiger partial charge in [-0.2, -0.15) is 0 Å². The molecule has 2 aliphatic rings. The summed E-state index contributed by atoms with van der Waals surface area (Å²) in [6.07, 6.45) is 6.24. The van der Waals surface area contributed by atoms with Crippen LogP contribution in [0.1, 0.15) is 35.4 Å². The zero-order chi connectivity index (χ0) is 9.38. The van der Waals surface area contributed by atoms with Crippen LogP contribution in [-0.2, 0) is 25.8 Å². The predicted octanol–water partition coefficient (Wildman–Crippen LogP) is 1.61. The first-order chi connectivity index (χ1) is 6.93. The highest BCUT2D eigenvalue weighted by atomic mass is 14.9. The average Bonchev–Trinajstić information content (AvgIpc) is 2.26. The zero-order valence-corrected chi connectivity index (χ0v) is 8.47. The van der Waals surface area contributed by atoms with Gasteiger partial charge in [0.2, 0.25) is 0 Å². The number of aromatic nitrogens is 1. The van der Waals surface area contributed by atoms with Crippen molar-refractivity contribution in [1.29, 1.82) is 0 Å². The average molecular weight is 188 g/mol. The van der Waals surface area contributed by atoms with Gasteiger partial charge in [0.15, 0.2) is 0 Å². The Balaban J connectivity index is 2.06. The predicted molar refractivity (Wildman–Crippen MR) is 56.3 cm³/mol. The first kappa shape index (κ1) is 8.42. The number of nitrogens with one attached hydrogen (secondary N) is 1. The molecule has 3 rings (SSSR count). The van der Waals surface area contributed by atoms with Crippen LogP contribution < -0.4 is 5.32 Å². The van der Waals surface area contributed by atoms with Crippen molar-refractivity contribution < 1.29 is 0 Å². The van der Waals surface area contributed by atoms with E-state index in [2.05, 4.69) is 11.4 Å². The number of hydrogen-bond donors (Lipinski definition) is 1. The molecule has 0 bridgehead atoms. The smallest absolute Gasteiger partial charge is 0.0464 e. The molecule has 1 N–H and O–H groups in total. The van der Waals surface area contributed by atoms with E-state index < -0.39 is 0 Å². The Bertz CT molecular complexity index is 291. The van der Waals surface area contributed by atoms with Gasteiger partial charge in [0.25, 0.3) is 0 Å². The lowest BCUT2D eigenvalue weighted by molar-refractivity contribution is 0.607. The second-order valence-electron chi connectivity index (χ2n) is 4.33. The van der Waals surface area contributed by atoms with Crippen LogP contribution in [0.15, 0.2) is 6.07 Å². The summed E-state index contributed by atoms with van der Waals surface area (Å²) in [7, 11) is 0. The van der Waals surface area contributed by atoms with E-state index in [-0.39, 0.29) is 0 Å². The topological polar surface area (TPSA) is 24.9 Å². The highest BCUT2D eigenvalue weighted by Gasteiger charge is 2.16. The van der Waals surface area contributed by atoms with Crippen LogP contribution >= 0.6 is 0 Å². The summed E-state index contributed by atoms with van der Waals surface area (Å²) in [5.74, 6) is 0. The van der Waals surface area contributed by atoms with Crippen LogP contribution in [0.25, 0.3) is 0 Å². The molecule has 0 fully saturated rings. The molecule has 2 nitrogen and oxygen atoms in total. The number of fused-ring (bicyclic) bond motifs is 2. The second kappa shape index (κ2) is 3.35. The molecule has 1 aliphatic carbocycles. The summed E-state index contributed by atoms with van der Waals surface area (Å²) in [6.45, 7) is 2.12. The number of nitrogens with zero attached hydrogens (tertiary/aromatic N) is 1. The molecule has 0 amide bonds. The molecule has 1 aromatic rings. The summed E-state index contributed by atoms with van der Waals surface area (Å²) < 4.78 is 0. The van der Waals surface area contributed by atoms with E-state index in [1.165, 1.54) is 48.2 Å². The molecule has 2 heterocycles. The standard InChI is InChI=1S/C12H16N2/c1-2-4-11-9(3-1)7-10-8-13-6-5-12(10)14-11/h7,13H,1-6,8H2. The molecule has 0 unspecified atom stereocenters. The minimum atomic E-state index is 1.02. The van der Waals surface area contributed by atoms with Gasteiger partial charge in [-0.3, -0.25) is 4.98 Å². The van der Waals surface area contributed by atoms with E-state index in [0.29, 0.717) is 0 Å². The van der Waals surface area contributed by atoms with Crippen molar-refractivity contribution >= 4 is 0 Å². The largest absolute Gasteiger partial charge is 0.312 e. The van der Waals surface area contributed by atoms with Crippen molar-refractivity contribution in [2.45, 2.75) is 38.6 Å². The summed E-state index contributed by atoms with van der Waals surface area (Å²) in [4.78, 5) is 4.81. The Morgan fingerprint density at radius 3 is 2.86 bits per heavy atom. The third-order valence-corrected chi connectivity index (χ3v) is 3.32. The van der Waals surface area contributed by atoms with Gasteiger partial charge in [0.1, 0.15) is 0 Å². The highest BCUT2D eigenvalue weighted by molar-refractivity contribution is 5.33. The lowest BCUT2D eigenvalue weighted by atomic mass is 9.93. The SMILES string of the molecule is c1c2c(nc3c1CNCC3)CCCC2. The Hall–Kier alpha value is -0.890. The van der Waals surface area contributed by atoms with E-state index in [0.717, 1.165) is 19.5 Å². The lowest BCUT2D eigenvalue weighted by Gasteiger charge is -2.21. The molecule has 2 heteroatoms. The van der Waals surface area contributed by atoms with Gasteiger partial charge in [-0.25, -0.2) is 0 Å². The molecule has 0 spiro atoms. The molecule has 0 saturated heterocycles. The van der Waals surface area contributed by atoms with Crippen molar-refractivity contribution in [3.8, 4) is 0 Å². The van der Waals surface area contributed by atoms with Gasteiger partial charge in [-0.1, -0.05) is 6.07 Å². The molecular formula is C12H16N2. The fraction of sp³-hybridized carbons (Fsp3) is 0.583. The van der Waals surface area contributed by atoms with Gasteiger partial charge in [0.05, 0.1) is 0 Å². The molecule has 1 aliphatic heterocycles. The van der Waals surface area contributed by atoms with Crippen molar-refractivity contribution in [3.05, 3.63) is 28.6 Å². The maximum atomic E-state index is 4.81. The van der Waals surface area contributed by atoms with E-state index in [1.54, 1.807) is 0 Å². The lowest BCUT2D eigenvalue weighted by Crippen LogP contribution is -2.25. The molecule has 14 heavy (non-hydrogen) atoms. The van der Waals surface area contributed by atoms with Crippen LogP contribution in [0, 0.1) is 0 Å². The zero-order valence-electron chi connectivity index (χ0n) is 8.47. The van der Waals surface area contributed by atoms with E-state index in [1.807, 2.05) is 0 Å². The molecule has 0 atom stereocenters. The maximum absolute atomic E-state index is 4.81. The first-order valence-corrected chi connectivity index (χ1v) is 5.65. The van der Waals surface area contributed by atoms with Gasteiger partial charge in [-0.05, 0) is 36.8 Å². The number of aryl methyl sites for hydroxylation is 2. The fourth-order valence-corrected chi connectivity index (χ4v) is 2.52. The third-order valence-electron chi connectivity index (χ3n) is 3.32. The van der Waals surface area contributed by atoms with E-state index >= 15 is 0 Å². The molecular weight excluding hydrogens is 172 g/mol. The Labute approximate surface area is 84.7 Å². The second-order valence-corrected chi connectivity index (χ2v) is 4.33. The number of rotatable bonds is 0. The van der Waals surface area contributed by atoms with Crippen LogP contribution in [0.4, 0.5) is 0 Å². The minimum absolute atomic E-state index is 1.02. The fourth-order valence-electron chi connectivity index (χ4n) is 2.52. The molecule has 0 saturated carbocycles. The van der Waals surface area contributed by atoms with Gasteiger partial charge in [0, 0.05) is 30.9 Å². The van der Waals surface area contributed by atoms with Gasteiger partial charge >= 0.3 is 0 Å². The monoisotopic (exact) mass is 188 g/mol. The number of pyridine rings is 1. The summed E-state index contributed by atoms with van der Waals surface area (Å²) in [5, 5.41) is 3.41. The third kappa shape index (κ3) is 1.34. The Kier molecular flexibility index (Phi) is 2.02. The van der Waals surface area contributed by atoms with Crippen molar-refractivity contribution in [2.24, 2.45) is 0 Å². The van der Waals surface area contributed by atoms with Crippen molar-refractivity contribution in [2.75, 3.05) is 6.54 Å². The highest BCUT2D eigenvalue weighted by Crippen LogP contribution is 2.23. The summed E-state index contributed by atoms with van der Waals surface area (Å²) in [6, 6.07) is 2.39. The van der Waals surface area contributed by atoms with Crippen molar-refractivity contribution in [1.82, 2.24) is 10.3 Å². The van der Waals surface area contributed by atoms with Gasteiger partial charge < -0.3 is 5.32 Å². The first-order valence-electron chi connectivity index (χ1n) is 5.65. The maximum Gasteiger partial charge on any atom is 0.0464 e. The summed E-state index contributed by atoms with van der Waals surface area (Å²) >= 11 is 0. The van der Waals surface area contributed by atoms with E-state index in [4.69, 9.17) is 4.98 Å². The number of hydrogen-bond acceptors (Lipinski definition) is 2. The molecule has 1 aromatic heterocycles. The molecule has 74 valence electrons. The Morgan fingerprint density at radius 2 is 1.86 bits per heavy atom. The molecule has 0 aromatic carbocycles. The van der Waals surface area contributed by atoms with Crippen LogP contribution in [0.5, 0.6) is 0 Å². The minimum Gasteiger partial charge on any atom is -0.312 e. The van der Waals surface area contributed by atoms with E-state index in [9.17, 15) is 0 Å². The van der Waals surface area contributed by atoms with Crippen LogP contribution in [0.2, 0.25) is 0 Å².